The van der Waals surface area contributed by atoms with Gasteiger partial charge in [0.05, 0.1) is 32.9 Å². The summed E-state index contributed by atoms with van der Waals surface area (Å²) in [6.07, 6.45) is 2.66. The summed E-state index contributed by atoms with van der Waals surface area (Å²) in [5, 5.41) is 0. The predicted octanol–water partition coefficient (Wildman–Crippen LogP) is 2.97. The van der Waals surface area contributed by atoms with Crippen LogP contribution in [0.2, 0.25) is 0 Å². The number of anilines is 1. The molecule has 11 heteroatoms. The van der Waals surface area contributed by atoms with Crippen LogP contribution in [0.5, 0.6) is 0 Å². The van der Waals surface area contributed by atoms with Crippen molar-refractivity contribution < 1.29 is 26.1 Å². The second kappa shape index (κ2) is 8.49. The Morgan fingerprint density at radius 3 is 1.62 bits per heavy atom. The molecule has 0 atom stereocenters. The maximum absolute atomic E-state index is 13.6. The van der Waals surface area contributed by atoms with Gasteiger partial charge >= 0.3 is 7.12 Å². The van der Waals surface area contributed by atoms with Crippen LogP contribution in [-0.2, 0) is 29.4 Å². The first kappa shape index (κ1) is 24.4. The van der Waals surface area contributed by atoms with E-state index in [4.69, 9.17) is 9.31 Å². The minimum atomic E-state index is -4.52. The van der Waals surface area contributed by atoms with Crippen molar-refractivity contribution in [2.75, 3.05) is 3.71 Å². The summed E-state index contributed by atoms with van der Waals surface area (Å²) in [6, 6.07) is 16.2. The molecule has 2 heterocycles. The summed E-state index contributed by atoms with van der Waals surface area (Å²) in [7, 11) is -9.89. The maximum atomic E-state index is 13.6. The third kappa shape index (κ3) is 4.24. The van der Waals surface area contributed by atoms with E-state index in [2.05, 4.69) is 4.98 Å². The van der Waals surface area contributed by atoms with Crippen molar-refractivity contribution >= 4 is 38.3 Å². The Kier molecular flexibility index (Phi) is 6.09. The van der Waals surface area contributed by atoms with E-state index >= 15 is 0 Å². The van der Waals surface area contributed by atoms with Crippen molar-refractivity contribution in [3.8, 4) is 0 Å². The van der Waals surface area contributed by atoms with Gasteiger partial charge in [-0.1, -0.05) is 36.4 Å². The molecule has 1 fully saturated rings. The molecule has 178 valence electrons. The zero-order valence-corrected chi connectivity index (χ0v) is 20.9. The summed E-state index contributed by atoms with van der Waals surface area (Å²) >= 11 is 0. The Balaban J connectivity index is 1.87. The molecule has 2 aromatic carbocycles. The standard InChI is InChI=1S/C23H25BN2O6S2/c1-22(2)23(3,4)32-24(31-22)18-15-19(17-25-16-18)26(33(27,28)20-11-7-5-8-12-20)34(29,30)21-13-9-6-10-14-21/h5-17H,1-4H3. The first-order valence-corrected chi connectivity index (χ1v) is 13.5. The van der Waals surface area contributed by atoms with Crippen LogP contribution in [-0.4, -0.2) is 40.1 Å². The van der Waals surface area contributed by atoms with Crippen LogP contribution >= 0.6 is 0 Å². The minimum absolute atomic E-state index is 0.153. The van der Waals surface area contributed by atoms with Crippen molar-refractivity contribution in [2.24, 2.45) is 0 Å². The third-order valence-corrected chi connectivity index (χ3v) is 10.2. The number of nitrogens with zero attached hydrogens (tertiary/aromatic N) is 2. The highest BCUT2D eigenvalue weighted by atomic mass is 32.3. The van der Waals surface area contributed by atoms with Crippen LogP contribution in [0.15, 0.2) is 88.9 Å². The summed E-state index contributed by atoms with van der Waals surface area (Å²) < 4.78 is 67.1. The van der Waals surface area contributed by atoms with Crippen LogP contribution in [0.1, 0.15) is 27.7 Å². The van der Waals surface area contributed by atoms with Gasteiger partial charge in [0.25, 0.3) is 20.0 Å². The lowest BCUT2D eigenvalue weighted by Gasteiger charge is -2.32. The fraction of sp³-hybridized carbons (Fsp3) is 0.261. The van der Waals surface area contributed by atoms with Crippen molar-refractivity contribution in [1.29, 1.82) is 0 Å². The Hall–Kier alpha value is -2.73. The molecule has 8 nitrogen and oxygen atoms in total. The highest BCUT2D eigenvalue weighted by Crippen LogP contribution is 2.37. The molecule has 0 N–H and O–H groups in total. The molecule has 0 amide bonds. The molecule has 0 radical (unpaired) electrons. The number of hydrogen-bond acceptors (Lipinski definition) is 7. The number of benzene rings is 2. The van der Waals surface area contributed by atoms with Gasteiger partial charge in [0, 0.05) is 11.7 Å². The summed E-state index contributed by atoms with van der Waals surface area (Å²) in [4.78, 5) is 3.79. The van der Waals surface area contributed by atoms with Crippen molar-refractivity contribution in [1.82, 2.24) is 4.98 Å². The van der Waals surface area contributed by atoms with Gasteiger partial charge < -0.3 is 9.31 Å². The number of aromatic nitrogens is 1. The molecular formula is C23H25BN2O6S2. The van der Waals surface area contributed by atoms with Crippen LogP contribution in [0, 0.1) is 0 Å². The Morgan fingerprint density at radius 2 is 1.18 bits per heavy atom. The molecule has 0 spiro atoms. The number of pyridine rings is 1. The highest BCUT2D eigenvalue weighted by Gasteiger charge is 2.52. The molecule has 4 rings (SSSR count). The van der Waals surface area contributed by atoms with Crippen LogP contribution in [0.4, 0.5) is 5.69 Å². The first-order valence-electron chi connectivity index (χ1n) is 10.6. The van der Waals surface area contributed by atoms with E-state index in [1.165, 1.54) is 67.0 Å². The van der Waals surface area contributed by atoms with E-state index in [9.17, 15) is 16.8 Å². The number of hydrogen-bond donors (Lipinski definition) is 0. The molecular weight excluding hydrogens is 475 g/mol. The van der Waals surface area contributed by atoms with E-state index in [0.29, 0.717) is 9.17 Å². The monoisotopic (exact) mass is 500 g/mol. The molecule has 1 saturated heterocycles. The molecule has 0 unspecified atom stereocenters. The van der Waals surface area contributed by atoms with Gasteiger partial charge in [-0.3, -0.25) is 4.98 Å². The van der Waals surface area contributed by atoms with Gasteiger partial charge in [-0.15, -0.1) is 0 Å². The molecule has 0 saturated carbocycles. The fourth-order valence-electron chi connectivity index (χ4n) is 3.44. The van der Waals surface area contributed by atoms with Crippen molar-refractivity contribution in [2.45, 2.75) is 48.7 Å². The molecule has 0 bridgehead atoms. The van der Waals surface area contributed by atoms with Crippen LogP contribution in [0.25, 0.3) is 0 Å². The Bertz CT molecular complexity index is 1310. The molecule has 1 aliphatic heterocycles. The van der Waals surface area contributed by atoms with E-state index in [1.807, 2.05) is 27.7 Å². The lowest BCUT2D eigenvalue weighted by Crippen LogP contribution is -2.41. The van der Waals surface area contributed by atoms with E-state index in [-0.39, 0.29) is 15.5 Å². The second-order valence-electron chi connectivity index (χ2n) is 8.90. The van der Waals surface area contributed by atoms with Gasteiger partial charge in [-0.2, -0.15) is 3.71 Å². The van der Waals surface area contributed by atoms with E-state index in [1.54, 1.807) is 12.1 Å². The summed E-state index contributed by atoms with van der Waals surface area (Å²) in [6.45, 7) is 7.54. The smallest absolute Gasteiger partial charge is 0.399 e. The highest BCUT2D eigenvalue weighted by molar-refractivity contribution is 8.10. The fourth-order valence-corrected chi connectivity index (χ4v) is 7.13. The van der Waals surface area contributed by atoms with Gasteiger partial charge in [-0.25, -0.2) is 16.8 Å². The number of rotatable bonds is 6. The lowest BCUT2D eigenvalue weighted by molar-refractivity contribution is 0.00578. The first-order chi connectivity index (χ1) is 15.9. The Morgan fingerprint density at radius 1 is 0.735 bits per heavy atom. The Labute approximate surface area is 200 Å². The SMILES string of the molecule is CC1(C)OB(c2cncc(N(S(=O)(=O)c3ccccc3)S(=O)(=O)c3ccccc3)c2)OC1(C)C. The summed E-state index contributed by atoms with van der Waals surface area (Å²) in [5.74, 6) is 0. The zero-order valence-electron chi connectivity index (χ0n) is 19.2. The second-order valence-corrected chi connectivity index (χ2v) is 12.7. The quantitative estimate of drug-likeness (QED) is 0.480. The minimum Gasteiger partial charge on any atom is -0.399 e. The molecule has 0 aliphatic carbocycles. The molecule has 1 aliphatic rings. The number of sulfonamides is 2. The molecule has 1 aromatic heterocycles. The lowest BCUT2D eigenvalue weighted by atomic mass is 9.80. The largest absolute Gasteiger partial charge is 0.496 e. The predicted molar refractivity (Wildman–Crippen MR) is 130 cm³/mol. The van der Waals surface area contributed by atoms with Crippen molar-refractivity contribution in [3.05, 3.63) is 79.1 Å². The average Bonchev–Trinajstić information content (AvgIpc) is 3.02. The molecule has 3 aromatic rings. The van der Waals surface area contributed by atoms with Gasteiger partial charge in [-0.05, 0) is 58.0 Å². The zero-order chi connectivity index (χ0) is 24.8. The van der Waals surface area contributed by atoms with E-state index in [0.717, 1.165) is 0 Å². The van der Waals surface area contributed by atoms with Crippen LogP contribution < -0.4 is 9.17 Å². The van der Waals surface area contributed by atoms with Gasteiger partial charge in [0.15, 0.2) is 0 Å². The van der Waals surface area contributed by atoms with Gasteiger partial charge in [0.2, 0.25) is 0 Å². The van der Waals surface area contributed by atoms with E-state index < -0.39 is 38.4 Å². The average molecular weight is 500 g/mol. The van der Waals surface area contributed by atoms with Crippen LogP contribution in [0.3, 0.4) is 0 Å². The third-order valence-electron chi connectivity index (χ3n) is 6.00. The van der Waals surface area contributed by atoms with Gasteiger partial charge in [0.1, 0.15) is 0 Å². The maximum Gasteiger partial charge on any atom is 0.496 e. The summed E-state index contributed by atoms with van der Waals surface area (Å²) in [5.41, 5.74) is -1.04. The molecule has 34 heavy (non-hydrogen) atoms. The normalized spacial score (nSPS) is 17.5. The topological polar surface area (TPSA) is 103 Å². The van der Waals surface area contributed by atoms with Crippen molar-refractivity contribution in [3.63, 3.8) is 0 Å².